The molecule has 1 heterocycles. The molecular weight excluding hydrogens is 400 g/mol. The Morgan fingerprint density at radius 2 is 1.76 bits per heavy atom. The molecule has 4 rings (SSSR count). The van der Waals surface area contributed by atoms with E-state index in [0.717, 1.165) is 11.4 Å². The van der Waals surface area contributed by atoms with Crippen molar-refractivity contribution in [3.05, 3.63) is 113 Å². The average Bonchev–Trinajstić information content (AvgIpc) is 3.60. The number of dihydropyridines is 1. The number of aliphatic imine (C=N–C) groups is 1. The van der Waals surface area contributed by atoms with Crippen LogP contribution in [-0.2, 0) is 0 Å². The standard InChI is InChI=1S/C29H32N2.C2H6/c1-6-7-9-12-19(2)20(3)15-21(4)30-27-18-24-17-26(24)28-25(16-22(5)31-29(27)28)23-13-10-8-11-14-23;1-2/h6-16,18,22,24,26,31H,1,17H2,2-5H3;1-2H3/b9-7-,19-12+,20-15+,30-21?;/t22-,24?,26?;/m1./s1. The molecule has 0 saturated heterocycles. The summed E-state index contributed by atoms with van der Waals surface area (Å²) in [6.07, 6.45) is 16.0. The van der Waals surface area contributed by atoms with Gasteiger partial charge in [-0.25, -0.2) is 0 Å². The van der Waals surface area contributed by atoms with Gasteiger partial charge in [-0.1, -0.05) is 87.2 Å². The first-order valence-electron chi connectivity index (χ1n) is 12.2. The monoisotopic (exact) mass is 438 g/mol. The van der Waals surface area contributed by atoms with Crippen molar-refractivity contribution < 1.29 is 0 Å². The van der Waals surface area contributed by atoms with E-state index >= 15 is 0 Å². The first-order chi connectivity index (χ1) is 16.0. The molecule has 2 unspecified atom stereocenters. The topological polar surface area (TPSA) is 24.4 Å². The number of benzene rings is 1. The molecule has 0 bridgehead atoms. The zero-order chi connectivity index (χ0) is 24.0. The van der Waals surface area contributed by atoms with Crippen molar-refractivity contribution in [2.24, 2.45) is 16.8 Å². The summed E-state index contributed by atoms with van der Waals surface area (Å²) in [4.78, 5) is 5.07. The van der Waals surface area contributed by atoms with Crippen LogP contribution < -0.4 is 5.32 Å². The lowest BCUT2D eigenvalue weighted by Crippen LogP contribution is -2.31. The molecule has 1 saturated carbocycles. The van der Waals surface area contributed by atoms with Crippen molar-refractivity contribution in [2.45, 2.75) is 54.0 Å². The van der Waals surface area contributed by atoms with Gasteiger partial charge in [0.25, 0.3) is 0 Å². The molecule has 2 aliphatic carbocycles. The lowest BCUT2D eigenvalue weighted by Gasteiger charge is -2.30. The minimum absolute atomic E-state index is 0.280. The van der Waals surface area contributed by atoms with Crippen molar-refractivity contribution in [1.82, 2.24) is 5.32 Å². The van der Waals surface area contributed by atoms with E-state index < -0.39 is 0 Å². The number of nitrogens with one attached hydrogen (secondary N) is 1. The lowest BCUT2D eigenvalue weighted by atomic mass is 9.85. The van der Waals surface area contributed by atoms with Gasteiger partial charge in [0.2, 0.25) is 0 Å². The van der Waals surface area contributed by atoms with Gasteiger partial charge in [0.15, 0.2) is 0 Å². The summed E-state index contributed by atoms with van der Waals surface area (Å²) in [5.41, 5.74) is 9.93. The van der Waals surface area contributed by atoms with E-state index in [9.17, 15) is 0 Å². The predicted molar refractivity (Wildman–Crippen MR) is 145 cm³/mol. The summed E-state index contributed by atoms with van der Waals surface area (Å²) in [6.45, 7) is 16.3. The fraction of sp³-hybridized carbons (Fsp3) is 0.323. The third kappa shape index (κ3) is 5.82. The van der Waals surface area contributed by atoms with Gasteiger partial charge in [0.05, 0.1) is 11.4 Å². The van der Waals surface area contributed by atoms with Gasteiger partial charge >= 0.3 is 0 Å². The van der Waals surface area contributed by atoms with Crippen LogP contribution in [0.25, 0.3) is 5.57 Å². The minimum atomic E-state index is 0.280. The van der Waals surface area contributed by atoms with Crippen LogP contribution in [0.3, 0.4) is 0 Å². The van der Waals surface area contributed by atoms with E-state index in [1.807, 2.05) is 26.0 Å². The van der Waals surface area contributed by atoms with Crippen LogP contribution in [0.4, 0.5) is 0 Å². The highest BCUT2D eigenvalue weighted by Gasteiger charge is 2.46. The highest BCUT2D eigenvalue weighted by molar-refractivity contribution is 5.95. The van der Waals surface area contributed by atoms with E-state index in [4.69, 9.17) is 4.99 Å². The molecule has 1 aliphatic heterocycles. The molecule has 3 atom stereocenters. The van der Waals surface area contributed by atoms with E-state index in [1.165, 1.54) is 40.0 Å². The second-order valence-electron chi connectivity index (χ2n) is 8.78. The Kier molecular flexibility index (Phi) is 8.27. The summed E-state index contributed by atoms with van der Waals surface area (Å²) in [6, 6.07) is 11.1. The molecule has 33 heavy (non-hydrogen) atoms. The summed E-state index contributed by atoms with van der Waals surface area (Å²) < 4.78 is 0. The molecule has 0 amide bonds. The van der Waals surface area contributed by atoms with E-state index in [0.29, 0.717) is 11.8 Å². The molecule has 1 aromatic rings. The minimum Gasteiger partial charge on any atom is -0.377 e. The average molecular weight is 439 g/mol. The Balaban J connectivity index is 0.00000149. The second-order valence-corrected chi connectivity index (χ2v) is 8.78. The van der Waals surface area contributed by atoms with Gasteiger partial charge in [-0.3, -0.25) is 4.99 Å². The highest BCUT2D eigenvalue weighted by atomic mass is 15.0. The number of nitrogens with zero attached hydrogens (tertiary/aromatic N) is 1. The lowest BCUT2D eigenvalue weighted by molar-refractivity contribution is 0.692. The van der Waals surface area contributed by atoms with Crippen LogP contribution in [0.1, 0.15) is 53.5 Å². The molecule has 0 aromatic heterocycles. The molecule has 1 aromatic carbocycles. The van der Waals surface area contributed by atoms with Crippen molar-refractivity contribution in [1.29, 1.82) is 0 Å². The van der Waals surface area contributed by atoms with Crippen molar-refractivity contribution in [3.8, 4) is 0 Å². The molecule has 1 N–H and O–H groups in total. The Labute approximate surface area is 200 Å². The summed E-state index contributed by atoms with van der Waals surface area (Å²) in [5.74, 6) is 1.24. The van der Waals surface area contributed by atoms with Crippen LogP contribution in [-0.4, -0.2) is 11.8 Å². The number of hydrogen-bond acceptors (Lipinski definition) is 2. The van der Waals surface area contributed by atoms with Crippen LogP contribution >= 0.6 is 0 Å². The van der Waals surface area contributed by atoms with E-state index in [1.54, 1.807) is 6.08 Å². The number of rotatable bonds is 6. The Morgan fingerprint density at radius 3 is 2.45 bits per heavy atom. The summed E-state index contributed by atoms with van der Waals surface area (Å²) in [7, 11) is 0. The van der Waals surface area contributed by atoms with E-state index in [2.05, 4.69) is 94.2 Å². The molecule has 0 radical (unpaired) electrons. The number of fused-ring (bicyclic) bond motifs is 2. The predicted octanol–water partition coefficient (Wildman–Crippen LogP) is 7.97. The maximum absolute atomic E-state index is 5.07. The molecule has 3 aliphatic rings. The Bertz CT molecular complexity index is 1090. The quantitative estimate of drug-likeness (QED) is 0.353. The third-order valence-corrected chi connectivity index (χ3v) is 6.21. The molecule has 2 heteroatoms. The zero-order valence-corrected chi connectivity index (χ0v) is 21.0. The molecular formula is C31H38N2. The number of allylic oxidation sites excluding steroid dienone is 10. The fourth-order valence-corrected chi connectivity index (χ4v) is 4.46. The Morgan fingerprint density at radius 1 is 1.03 bits per heavy atom. The smallest absolute Gasteiger partial charge is 0.0830 e. The largest absolute Gasteiger partial charge is 0.377 e. The molecule has 2 nitrogen and oxygen atoms in total. The first-order valence-corrected chi connectivity index (χ1v) is 12.2. The van der Waals surface area contributed by atoms with Gasteiger partial charge in [0, 0.05) is 11.8 Å². The maximum Gasteiger partial charge on any atom is 0.0830 e. The van der Waals surface area contributed by atoms with Crippen molar-refractivity contribution in [3.63, 3.8) is 0 Å². The zero-order valence-electron chi connectivity index (χ0n) is 21.0. The van der Waals surface area contributed by atoms with E-state index in [-0.39, 0.29) is 6.04 Å². The van der Waals surface area contributed by atoms with Gasteiger partial charge < -0.3 is 5.32 Å². The molecule has 0 spiro atoms. The second kappa shape index (κ2) is 11.1. The van der Waals surface area contributed by atoms with Gasteiger partial charge in [-0.2, -0.15) is 0 Å². The van der Waals surface area contributed by atoms with Gasteiger partial charge in [0.1, 0.15) is 0 Å². The van der Waals surface area contributed by atoms with Crippen LogP contribution in [0.5, 0.6) is 0 Å². The van der Waals surface area contributed by atoms with Crippen molar-refractivity contribution >= 4 is 11.3 Å². The van der Waals surface area contributed by atoms with Gasteiger partial charge in [-0.05, 0) is 79.9 Å². The van der Waals surface area contributed by atoms with Crippen LogP contribution in [0, 0.1) is 11.8 Å². The third-order valence-electron chi connectivity index (χ3n) is 6.21. The summed E-state index contributed by atoms with van der Waals surface area (Å²) >= 11 is 0. The van der Waals surface area contributed by atoms with Crippen molar-refractivity contribution in [2.75, 3.05) is 0 Å². The highest BCUT2D eigenvalue weighted by Crippen LogP contribution is 2.55. The first kappa shape index (κ1) is 24.5. The maximum atomic E-state index is 5.07. The summed E-state index contributed by atoms with van der Waals surface area (Å²) in [5, 5.41) is 3.72. The SMILES string of the molecule is C=C\C=C/C=C(C)/C(C)=C/C(C)=NC1=CC2CC2C2=C1N[C@H](C)C=C2c1ccccc1.CC. The molecule has 172 valence electrons. The molecule has 1 fully saturated rings. The fourth-order valence-electron chi connectivity index (χ4n) is 4.46. The number of hydrogen-bond donors (Lipinski definition) is 1. The van der Waals surface area contributed by atoms with Crippen LogP contribution in [0.2, 0.25) is 0 Å². The van der Waals surface area contributed by atoms with Crippen LogP contribution in [0.15, 0.2) is 113 Å². The Hall–Kier alpha value is -3.13. The van der Waals surface area contributed by atoms with Gasteiger partial charge in [-0.15, -0.1) is 0 Å². The normalized spacial score (nSPS) is 24.7.